The van der Waals surface area contributed by atoms with Crippen molar-refractivity contribution in [3.8, 4) is 0 Å². The first-order valence-electron chi connectivity index (χ1n) is 24.2. The van der Waals surface area contributed by atoms with Crippen LogP contribution in [0.15, 0.2) is 47.8 Å². The summed E-state index contributed by atoms with van der Waals surface area (Å²) in [7, 11) is 1.67. The van der Waals surface area contributed by atoms with Crippen molar-refractivity contribution >= 4 is 46.9 Å². The van der Waals surface area contributed by atoms with Crippen LogP contribution in [0.5, 0.6) is 0 Å². The van der Waals surface area contributed by atoms with Gasteiger partial charge in [0.05, 0.1) is 12.1 Å². The lowest BCUT2D eigenvalue weighted by Gasteiger charge is -2.39. The highest BCUT2D eigenvalue weighted by molar-refractivity contribution is 6.11. The molecule has 15 nitrogen and oxygen atoms in total. The molecule has 2 aromatic rings. The molecule has 2 atom stereocenters. The number of amidine groups is 1. The predicted molar refractivity (Wildman–Crippen MR) is 253 cm³/mol. The molecule has 3 saturated heterocycles. The number of aliphatic hydroxyl groups excluding tert-OH is 1. The number of piperidine rings is 3. The Labute approximate surface area is 392 Å². The van der Waals surface area contributed by atoms with Gasteiger partial charge < -0.3 is 40.7 Å². The second kappa shape index (κ2) is 21.2. The maximum atomic E-state index is 14.6. The van der Waals surface area contributed by atoms with Crippen LogP contribution in [0.25, 0.3) is 5.57 Å². The lowest BCUT2D eigenvalue weighted by atomic mass is 9.89. The molecular formula is C50H66F2N10O5. The van der Waals surface area contributed by atoms with E-state index in [0.717, 1.165) is 119 Å². The van der Waals surface area contributed by atoms with Gasteiger partial charge in [-0.25, -0.2) is 8.78 Å². The number of allylic oxidation sites excluding steroid dienone is 1. The van der Waals surface area contributed by atoms with Crippen molar-refractivity contribution in [1.29, 1.82) is 10.8 Å². The largest absolute Gasteiger partial charge is 0.393 e. The molecule has 360 valence electrons. The minimum Gasteiger partial charge on any atom is -0.393 e. The molecule has 0 bridgehead atoms. The number of likely N-dealkylation sites (tertiary alicyclic amines) is 2. The van der Waals surface area contributed by atoms with E-state index >= 15 is 0 Å². The first-order valence-corrected chi connectivity index (χ1v) is 24.2. The van der Waals surface area contributed by atoms with Crippen LogP contribution in [0.3, 0.4) is 0 Å². The lowest BCUT2D eigenvalue weighted by molar-refractivity contribution is -0.139. The van der Waals surface area contributed by atoms with Crippen molar-refractivity contribution in [3.05, 3.63) is 81.2 Å². The van der Waals surface area contributed by atoms with Crippen molar-refractivity contribution in [1.82, 2.24) is 35.6 Å². The Morgan fingerprint density at radius 3 is 2.37 bits per heavy atom. The van der Waals surface area contributed by atoms with E-state index in [1.165, 1.54) is 11.0 Å². The number of nitrogens with one attached hydrogen (secondary N) is 5. The minimum atomic E-state index is -2.77. The molecule has 0 saturated carbocycles. The first kappa shape index (κ1) is 48.0. The topological polar surface area (TPSA) is 188 Å². The van der Waals surface area contributed by atoms with Gasteiger partial charge in [0.1, 0.15) is 11.9 Å². The van der Waals surface area contributed by atoms with Gasteiger partial charge in [-0.2, -0.15) is 0 Å². The van der Waals surface area contributed by atoms with Gasteiger partial charge in [-0.05, 0) is 106 Å². The summed E-state index contributed by atoms with van der Waals surface area (Å²) in [6.45, 7) is 8.93. The fourth-order valence-electron chi connectivity index (χ4n) is 11.1. The maximum absolute atomic E-state index is 14.6. The molecule has 2 unspecified atom stereocenters. The predicted octanol–water partition coefficient (Wildman–Crippen LogP) is 5.11. The molecule has 67 heavy (non-hydrogen) atoms. The molecule has 0 aromatic heterocycles. The van der Waals surface area contributed by atoms with Crippen LogP contribution in [0.1, 0.15) is 122 Å². The molecule has 4 amide bonds. The summed E-state index contributed by atoms with van der Waals surface area (Å²) in [6, 6.07) is 8.15. The van der Waals surface area contributed by atoms with E-state index in [9.17, 15) is 38.5 Å². The van der Waals surface area contributed by atoms with Gasteiger partial charge in [-0.3, -0.25) is 34.8 Å². The van der Waals surface area contributed by atoms with E-state index in [0.29, 0.717) is 59.8 Å². The van der Waals surface area contributed by atoms with Crippen LogP contribution in [0.4, 0.5) is 14.5 Å². The van der Waals surface area contributed by atoms with Gasteiger partial charge in [-0.1, -0.05) is 24.6 Å². The van der Waals surface area contributed by atoms with Crippen LogP contribution in [0.2, 0.25) is 0 Å². The van der Waals surface area contributed by atoms with Crippen LogP contribution in [0, 0.1) is 16.7 Å². The number of benzene rings is 2. The molecule has 3 fully saturated rings. The number of rotatable bonds is 15. The zero-order chi connectivity index (χ0) is 47.4. The van der Waals surface area contributed by atoms with Gasteiger partial charge in [0.15, 0.2) is 6.23 Å². The molecule has 6 N–H and O–H groups in total. The normalized spacial score (nSPS) is 22.6. The highest BCUT2D eigenvalue weighted by atomic mass is 19.3. The number of nitrogens with zero attached hydrogens (tertiary/aromatic N) is 5. The smallest absolute Gasteiger partial charge is 0.264 e. The molecule has 0 spiro atoms. The summed E-state index contributed by atoms with van der Waals surface area (Å²) >= 11 is 0. The van der Waals surface area contributed by atoms with E-state index in [-0.39, 0.29) is 54.5 Å². The Balaban J connectivity index is 0.810. The second-order valence-corrected chi connectivity index (χ2v) is 19.0. The molecule has 2 aromatic carbocycles. The molecule has 0 aliphatic carbocycles. The summed E-state index contributed by atoms with van der Waals surface area (Å²) in [5, 5.41) is 37.4. The van der Waals surface area contributed by atoms with E-state index in [1.54, 1.807) is 37.2 Å². The second-order valence-electron chi connectivity index (χ2n) is 19.0. The van der Waals surface area contributed by atoms with Gasteiger partial charge >= 0.3 is 0 Å². The van der Waals surface area contributed by atoms with Gasteiger partial charge in [-0.15, -0.1) is 0 Å². The molecule has 8 rings (SSSR count). The third kappa shape index (κ3) is 10.5. The summed E-state index contributed by atoms with van der Waals surface area (Å²) in [5.41, 5.74) is 5.55. The Kier molecular flexibility index (Phi) is 15.2. The molecule has 17 heteroatoms. The van der Waals surface area contributed by atoms with Crippen LogP contribution in [-0.4, -0.2) is 138 Å². The van der Waals surface area contributed by atoms with Crippen molar-refractivity contribution < 1.29 is 33.1 Å². The quantitative estimate of drug-likeness (QED) is 0.0797. The lowest BCUT2D eigenvalue weighted by Crippen LogP contribution is -2.53. The summed E-state index contributed by atoms with van der Waals surface area (Å²) in [5.74, 6) is -0.465. The van der Waals surface area contributed by atoms with E-state index < -0.39 is 24.6 Å². The fourth-order valence-corrected chi connectivity index (χ4v) is 11.1. The summed E-state index contributed by atoms with van der Waals surface area (Å²) in [6.07, 6.45) is 7.87. The van der Waals surface area contributed by atoms with Crippen LogP contribution < -0.4 is 20.9 Å². The van der Waals surface area contributed by atoms with Crippen LogP contribution >= 0.6 is 0 Å². The maximum Gasteiger partial charge on any atom is 0.264 e. The monoisotopic (exact) mass is 925 g/mol. The molecule has 6 heterocycles. The number of hydrogen-bond donors (Lipinski definition) is 6. The Morgan fingerprint density at radius 1 is 0.970 bits per heavy atom. The Bertz CT molecular complexity index is 2300. The number of fused-ring (bicyclic) bond motifs is 2. The van der Waals surface area contributed by atoms with E-state index in [4.69, 9.17) is 5.41 Å². The number of amides is 4. The third-order valence-electron chi connectivity index (χ3n) is 14.9. The number of anilines is 1. The highest BCUT2D eigenvalue weighted by Crippen LogP contribution is 2.40. The van der Waals surface area contributed by atoms with Gasteiger partial charge in [0.2, 0.25) is 17.7 Å². The van der Waals surface area contributed by atoms with Crippen molar-refractivity contribution in [2.24, 2.45) is 5.92 Å². The zero-order valence-corrected chi connectivity index (χ0v) is 38.8. The number of alkyl halides is 2. The SMILES string of the molecule is CN/C=C(\C=N)c1cc2c(cc1C(F)F)N(C(=N)C1=C(NC3CCN(CCN4CCC(CCCc5cccc6c5C(=O)N(C5CCC(=O)NC5=O)C6O)CC4)CC3)CCN(C(C)=O)C1)CCC2. The fraction of sp³-hybridized carbons (Fsp3) is 0.560. The van der Waals surface area contributed by atoms with Crippen LogP contribution in [-0.2, 0) is 27.2 Å². The third-order valence-corrected chi connectivity index (χ3v) is 14.9. The van der Waals surface area contributed by atoms with Crippen molar-refractivity contribution in [2.75, 3.05) is 70.9 Å². The molecular weight excluding hydrogens is 859 g/mol. The molecule has 0 radical (unpaired) electrons. The van der Waals surface area contributed by atoms with Gasteiger partial charge in [0.25, 0.3) is 12.3 Å². The van der Waals surface area contributed by atoms with Crippen molar-refractivity contribution in [3.63, 3.8) is 0 Å². The molecule has 6 aliphatic heterocycles. The zero-order valence-electron chi connectivity index (χ0n) is 38.8. The number of aryl methyl sites for hydroxylation is 2. The standard InChI is InChI=1S/C50H66F2N10O5/c1-31(63)60-23-17-41(40(30-60)47(54)61-18-5-9-34-26-38(35(28-53)29-55-2)39(46(51)52)27-43(34)61)56-36-15-21-59(22-16-36)25-24-58-19-13-32(14-20-58)6-3-7-33-8-4-10-37-45(33)50(67)62(49(37)66)42-11-12-44(64)57-48(42)65/h4,8,10,26-29,32,36,42,46,49,53-56,66H,3,5-7,9,11-25,30H2,1-2H3,(H,57,64,65)/b35-29+,53-28?,54-47?. The summed E-state index contributed by atoms with van der Waals surface area (Å²) in [4.78, 5) is 60.4. The summed E-state index contributed by atoms with van der Waals surface area (Å²) < 4.78 is 29.1. The number of halogens is 2. The average molecular weight is 925 g/mol. The van der Waals surface area contributed by atoms with E-state index in [2.05, 4.69) is 25.8 Å². The number of carbonyl (C=O) groups is 4. The van der Waals surface area contributed by atoms with Crippen molar-refractivity contribution in [2.45, 2.75) is 109 Å². The highest BCUT2D eigenvalue weighted by Gasteiger charge is 2.45. The first-order chi connectivity index (χ1) is 32.3. The molecule has 6 aliphatic rings. The number of hydrogen-bond acceptors (Lipinski definition) is 11. The number of imide groups is 1. The number of aliphatic hydroxyl groups is 1. The minimum absolute atomic E-state index is 0.0596. The average Bonchev–Trinajstić information content (AvgIpc) is 3.58. The van der Waals surface area contributed by atoms with E-state index in [1.807, 2.05) is 17.0 Å². The number of carbonyl (C=O) groups excluding carboxylic acids is 4. The Morgan fingerprint density at radius 2 is 1.70 bits per heavy atom. The Hall–Kier alpha value is -5.52. The van der Waals surface area contributed by atoms with Gasteiger partial charge in [0, 0.05) is 118 Å².